The number of rotatable bonds is 2. The smallest absolute Gasteiger partial charge is 0.101 e. The Morgan fingerprint density at radius 2 is 1.88 bits per heavy atom. The van der Waals surface area contributed by atoms with Gasteiger partial charge < -0.3 is 9.74 Å². The molecule has 0 aliphatic carbocycles. The molecule has 0 N–H and O–H groups in total. The van der Waals surface area contributed by atoms with Crippen molar-refractivity contribution >= 4 is 5.69 Å². The van der Waals surface area contributed by atoms with E-state index in [-0.39, 0.29) is 0 Å². The lowest BCUT2D eigenvalue weighted by atomic mass is 10.1. The number of anilines is 1. The quantitative estimate of drug-likeness (QED) is 0.747. The summed E-state index contributed by atoms with van der Waals surface area (Å²) in [5.74, 6) is 0. The van der Waals surface area contributed by atoms with Gasteiger partial charge in [-0.2, -0.15) is 10.3 Å². The molecule has 1 aliphatic heterocycles. The molecule has 1 saturated heterocycles. The first-order valence-corrected chi connectivity index (χ1v) is 5.38. The van der Waals surface area contributed by atoms with Crippen LogP contribution in [0.1, 0.15) is 5.56 Å². The molecule has 0 atom stereocenters. The van der Waals surface area contributed by atoms with Crippen molar-refractivity contribution in [2.24, 2.45) is 0 Å². The number of nitriles is 1. The van der Waals surface area contributed by atoms with Crippen LogP contribution in [0.15, 0.2) is 24.3 Å². The van der Waals surface area contributed by atoms with E-state index in [0.29, 0.717) is 0 Å². The maximum Gasteiger partial charge on any atom is 0.101 e. The molecule has 16 heavy (non-hydrogen) atoms. The van der Waals surface area contributed by atoms with Gasteiger partial charge >= 0.3 is 0 Å². The fourth-order valence-corrected chi connectivity index (χ4v) is 1.96. The van der Waals surface area contributed by atoms with Crippen LogP contribution in [0.3, 0.4) is 0 Å². The minimum absolute atomic E-state index is 0.744. The van der Waals surface area contributed by atoms with Crippen LogP contribution < -0.4 is 4.90 Å². The van der Waals surface area contributed by atoms with Crippen LogP contribution in [0.5, 0.6) is 0 Å². The number of para-hydroxylation sites is 1. The molecule has 1 aliphatic rings. The number of nitrogens with zero attached hydrogens (tertiary/aromatic N) is 3. The van der Waals surface area contributed by atoms with Gasteiger partial charge in [-0.05, 0) is 12.1 Å². The molecule has 0 amide bonds. The number of benzene rings is 1. The first-order chi connectivity index (χ1) is 7.85. The summed E-state index contributed by atoms with van der Waals surface area (Å²) in [6.07, 6.45) is 0. The summed E-state index contributed by atoms with van der Waals surface area (Å²) in [4.78, 5) is 7.40. The van der Waals surface area contributed by atoms with Gasteiger partial charge in [0, 0.05) is 26.2 Å². The number of hydrogen-bond donors (Lipinski definition) is 0. The highest BCUT2D eigenvalue weighted by Crippen LogP contribution is 2.20. The summed E-state index contributed by atoms with van der Waals surface area (Å²) < 4.78 is 0. The molecular weight excluding hydrogens is 202 g/mol. The van der Waals surface area contributed by atoms with Gasteiger partial charge in [-0.25, -0.2) is 0 Å². The maximum atomic E-state index is 9.04. The Kier molecular flexibility index (Phi) is 3.40. The Balaban J connectivity index is 2.11. The Morgan fingerprint density at radius 1 is 1.19 bits per heavy atom. The Morgan fingerprint density at radius 3 is 2.50 bits per heavy atom. The Hall–Kier alpha value is -1.57. The van der Waals surface area contributed by atoms with Gasteiger partial charge in [0.15, 0.2) is 0 Å². The van der Waals surface area contributed by atoms with Crippen LogP contribution in [0, 0.1) is 11.3 Å². The third kappa shape index (κ3) is 2.16. The lowest BCUT2D eigenvalue weighted by Crippen LogP contribution is -2.46. The normalized spacial score (nSPS) is 17.1. The molecule has 0 aromatic heterocycles. The van der Waals surface area contributed by atoms with Gasteiger partial charge in [0.05, 0.1) is 18.4 Å². The van der Waals surface area contributed by atoms with E-state index in [9.17, 15) is 0 Å². The lowest BCUT2D eigenvalue weighted by Gasteiger charge is -2.34. The van der Waals surface area contributed by atoms with E-state index in [2.05, 4.69) is 11.0 Å². The number of hydrogen-bond acceptors (Lipinski definition) is 4. The largest absolute Gasteiger partial charge is 0.368 e. The minimum atomic E-state index is 0.744. The van der Waals surface area contributed by atoms with Gasteiger partial charge in [0.25, 0.3) is 0 Å². The number of hydroxylamine groups is 2. The van der Waals surface area contributed by atoms with Gasteiger partial charge in [-0.1, -0.05) is 12.1 Å². The second kappa shape index (κ2) is 4.97. The van der Waals surface area contributed by atoms with Crippen LogP contribution in [-0.4, -0.2) is 38.4 Å². The van der Waals surface area contributed by atoms with Gasteiger partial charge in [0.2, 0.25) is 0 Å². The second-order valence-corrected chi connectivity index (χ2v) is 3.73. The molecule has 2 rings (SSSR count). The summed E-state index contributed by atoms with van der Waals surface area (Å²) in [6.45, 7) is 3.53. The van der Waals surface area contributed by atoms with E-state index in [1.54, 1.807) is 7.11 Å². The zero-order chi connectivity index (χ0) is 11.4. The van der Waals surface area contributed by atoms with Crippen LogP contribution in [0.2, 0.25) is 0 Å². The van der Waals surface area contributed by atoms with Crippen molar-refractivity contribution in [3.63, 3.8) is 0 Å². The zero-order valence-electron chi connectivity index (χ0n) is 9.39. The van der Waals surface area contributed by atoms with Crippen molar-refractivity contribution in [3.8, 4) is 6.07 Å². The molecule has 1 heterocycles. The van der Waals surface area contributed by atoms with Crippen molar-refractivity contribution < 1.29 is 4.84 Å². The summed E-state index contributed by atoms with van der Waals surface area (Å²) in [5.41, 5.74) is 1.77. The highest BCUT2D eigenvalue weighted by molar-refractivity contribution is 5.59. The van der Waals surface area contributed by atoms with E-state index in [1.807, 2.05) is 29.3 Å². The van der Waals surface area contributed by atoms with E-state index < -0.39 is 0 Å². The van der Waals surface area contributed by atoms with Crippen LogP contribution >= 0.6 is 0 Å². The molecule has 1 aromatic carbocycles. The van der Waals surface area contributed by atoms with Gasteiger partial charge in [0.1, 0.15) is 6.07 Å². The highest BCUT2D eigenvalue weighted by Gasteiger charge is 2.18. The second-order valence-electron chi connectivity index (χ2n) is 3.73. The standard InChI is InChI=1S/C12H15N3O/c1-16-15-8-6-14(7-9-15)12-5-3-2-4-11(12)10-13/h2-5H,6-9H2,1H3. The fourth-order valence-electron chi connectivity index (χ4n) is 1.96. The molecule has 1 aromatic rings. The van der Waals surface area contributed by atoms with E-state index in [0.717, 1.165) is 37.4 Å². The highest BCUT2D eigenvalue weighted by atomic mass is 16.7. The molecule has 4 nitrogen and oxygen atoms in total. The van der Waals surface area contributed by atoms with E-state index in [4.69, 9.17) is 10.1 Å². The number of piperazine rings is 1. The topological polar surface area (TPSA) is 39.5 Å². The zero-order valence-corrected chi connectivity index (χ0v) is 9.39. The molecule has 0 unspecified atom stereocenters. The molecule has 0 bridgehead atoms. The summed E-state index contributed by atoms with van der Waals surface area (Å²) >= 11 is 0. The Bertz CT molecular complexity index is 391. The SMILES string of the molecule is CON1CCN(c2ccccc2C#N)CC1. The van der Waals surface area contributed by atoms with Crippen LogP contribution in [0.4, 0.5) is 5.69 Å². The molecule has 0 spiro atoms. The predicted molar refractivity (Wildman–Crippen MR) is 62.0 cm³/mol. The summed E-state index contributed by atoms with van der Waals surface area (Å²) in [6, 6.07) is 9.96. The van der Waals surface area contributed by atoms with Gasteiger partial charge in [-0.15, -0.1) is 0 Å². The van der Waals surface area contributed by atoms with Crippen molar-refractivity contribution in [3.05, 3.63) is 29.8 Å². The molecular formula is C12H15N3O. The van der Waals surface area contributed by atoms with Crippen molar-refractivity contribution in [1.29, 1.82) is 5.26 Å². The maximum absolute atomic E-state index is 9.04. The van der Waals surface area contributed by atoms with Crippen LogP contribution in [0.25, 0.3) is 0 Å². The third-order valence-corrected chi connectivity index (χ3v) is 2.86. The molecule has 84 valence electrons. The van der Waals surface area contributed by atoms with Crippen molar-refractivity contribution in [2.75, 3.05) is 38.2 Å². The average Bonchev–Trinajstić information content (AvgIpc) is 2.39. The minimum Gasteiger partial charge on any atom is -0.368 e. The summed E-state index contributed by atoms with van der Waals surface area (Å²) in [7, 11) is 1.69. The first kappa shape index (κ1) is 10.9. The molecule has 4 heteroatoms. The van der Waals surface area contributed by atoms with E-state index in [1.165, 1.54) is 0 Å². The van der Waals surface area contributed by atoms with Crippen molar-refractivity contribution in [1.82, 2.24) is 5.06 Å². The van der Waals surface area contributed by atoms with Gasteiger partial charge in [-0.3, -0.25) is 0 Å². The predicted octanol–water partition coefficient (Wildman–Crippen LogP) is 1.24. The van der Waals surface area contributed by atoms with Crippen LogP contribution in [-0.2, 0) is 4.84 Å². The fraction of sp³-hybridized carbons (Fsp3) is 0.417. The van der Waals surface area contributed by atoms with Crippen molar-refractivity contribution in [2.45, 2.75) is 0 Å². The molecule has 0 saturated carbocycles. The molecule has 0 radical (unpaired) electrons. The average molecular weight is 217 g/mol. The first-order valence-electron chi connectivity index (χ1n) is 5.38. The third-order valence-electron chi connectivity index (χ3n) is 2.86. The monoisotopic (exact) mass is 217 g/mol. The lowest BCUT2D eigenvalue weighted by molar-refractivity contribution is -0.133. The Labute approximate surface area is 95.6 Å². The van der Waals surface area contributed by atoms with E-state index >= 15 is 0 Å². The summed E-state index contributed by atoms with van der Waals surface area (Å²) in [5, 5.41) is 11.0. The molecule has 1 fully saturated rings.